The van der Waals surface area contributed by atoms with Gasteiger partial charge in [-0.25, -0.2) is 4.98 Å². The molecule has 0 spiro atoms. The largest absolute Gasteiger partial charge is 0.364 e. The van der Waals surface area contributed by atoms with Gasteiger partial charge in [0, 0.05) is 18.4 Å². The molecule has 2 aromatic heterocycles. The van der Waals surface area contributed by atoms with E-state index in [1.807, 2.05) is 10.6 Å². The Bertz CT molecular complexity index is 465. The Kier molecular flexibility index (Phi) is 3.00. The lowest BCUT2D eigenvalue weighted by atomic mass is 10.0. The van der Waals surface area contributed by atoms with E-state index >= 15 is 0 Å². The Hall–Kier alpha value is -1.69. The van der Waals surface area contributed by atoms with E-state index in [9.17, 15) is 0 Å². The normalized spacial score (nSPS) is 14.9. The van der Waals surface area contributed by atoms with Gasteiger partial charge in [-0.05, 0) is 19.4 Å². The summed E-state index contributed by atoms with van der Waals surface area (Å²) in [5, 5.41) is 11.2. The van der Waals surface area contributed by atoms with Gasteiger partial charge < -0.3 is 11.1 Å². The SMILES string of the molecule is CC(CN)C(C)Nc1nccn2cnnc12. The zero-order chi connectivity index (χ0) is 11.5. The van der Waals surface area contributed by atoms with Crippen molar-refractivity contribution >= 4 is 11.5 Å². The van der Waals surface area contributed by atoms with Crippen LogP contribution in [0.1, 0.15) is 13.8 Å². The van der Waals surface area contributed by atoms with Crippen molar-refractivity contribution in [1.82, 2.24) is 19.6 Å². The van der Waals surface area contributed by atoms with Crippen molar-refractivity contribution in [3.05, 3.63) is 18.7 Å². The number of hydrogen-bond donors (Lipinski definition) is 2. The molecule has 2 atom stereocenters. The molecule has 6 heteroatoms. The standard InChI is InChI=1S/C10H16N6/c1-7(5-11)8(2)14-9-10-15-13-6-16(10)4-3-12-9/h3-4,6-8H,5,11H2,1-2H3,(H,12,14). The highest BCUT2D eigenvalue weighted by Gasteiger charge is 2.13. The van der Waals surface area contributed by atoms with Gasteiger partial charge >= 0.3 is 0 Å². The van der Waals surface area contributed by atoms with E-state index < -0.39 is 0 Å². The van der Waals surface area contributed by atoms with E-state index in [1.54, 1.807) is 12.5 Å². The van der Waals surface area contributed by atoms with Gasteiger partial charge in [-0.15, -0.1) is 10.2 Å². The molecule has 0 amide bonds. The summed E-state index contributed by atoms with van der Waals surface area (Å²) < 4.78 is 1.83. The van der Waals surface area contributed by atoms with Gasteiger partial charge in [-0.1, -0.05) is 6.92 Å². The Morgan fingerprint density at radius 3 is 3.06 bits per heavy atom. The zero-order valence-electron chi connectivity index (χ0n) is 9.46. The fourth-order valence-corrected chi connectivity index (χ4v) is 1.42. The Balaban J connectivity index is 2.23. The van der Waals surface area contributed by atoms with Crippen molar-refractivity contribution in [3.63, 3.8) is 0 Å². The van der Waals surface area contributed by atoms with Crippen molar-refractivity contribution in [2.45, 2.75) is 19.9 Å². The molecule has 6 nitrogen and oxygen atoms in total. The number of rotatable bonds is 4. The molecule has 16 heavy (non-hydrogen) atoms. The van der Waals surface area contributed by atoms with Crippen LogP contribution < -0.4 is 11.1 Å². The second-order valence-corrected chi connectivity index (χ2v) is 3.98. The first kappa shape index (κ1) is 10.8. The second kappa shape index (κ2) is 4.44. The highest BCUT2D eigenvalue weighted by Crippen LogP contribution is 2.13. The predicted molar refractivity (Wildman–Crippen MR) is 62.1 cm³/mol. The molecule has 2 aromatic rings. The van der Waals surface area contributed by atoms with Crippen molar-refractivity contribution in [1.29, 1.82) is 0 Å². The molecule has 2 unspecified atom stereocenters. The Morgan fingerprint density at radius 1 is 1.50 bits per heavy atom. The maximum atomic E-state index is 5.63. The van der Waals surface area contributed by atoms with Crippen LogP contribution in [-0.4, -0.2) is 32.2 Å². The Labute approximate surface area is 93.9 Å². The van der Waals surface area contributed by atoms with Gasteiger partial charge in [0.2, 0.25) is 5.65 Å². The number of aromatic nitrogens is 4. The average Bonchev–Trinajstić information content (AvgIpc) is 2.77. The summed E-state index contributed by atoms with van der Waals surface area (Å²) >= 11 is 0. The molecule has 0 aliphatic heterocycles. The number of anilines is 1. The Morgan fingerprint density at radius 2 is 2.31 bits per heavy atom. The summed E-state index contributed by atoms with van der Waals surface area (Å²) in [4.78, 5) is 4.26. The van der Waals surface area contributed by atoms with E-state index in [0.29, 0.717) is 12.5 Å². The van der Waals surface area contributed by atoms with E-state index in [-0.39, 0.29) is 6.04 Å². The molecule has 0 fully saturated rings. The number of nitrogens with one attached hydrogen (secondary N) is 1. The molecule has 0 aromatic carbocycles. The summed E-state index contributed by atoms with van der Waals surface area (Å²) in [5.41, 5.74) is 6.36. The first-order valence-corrected chi connectivity index (χ1v) is 5.33. The minimum atomic E-state index is 0.250. The quantitative estimate of drug-likeness (QED) is 0.785. The van der Waals surface area contributed by atoms with Crippen LogP contribution in [0, 0.1) is 5.92 Å². The highest BCUT2D eigenvalue weighted by molar-refractivity contribution is 5.61. The van der Waals surface area contributed by atoms with Crippen LogP contribution >= 0.6 is 0 Å². The monoisotopic (exact) mass is 220 g/mol. The van der Waals surface area contributed by atoms with E-state index in [4.69, 9.17) is 5.73 Å². The summed E-state index contributed by atoms with van der Waals surface area (Å²) in [7, 11) is 0. The van der Waals surface area contributed by atoms with Crippen LogP contribution in [0.4, 0.5) is 5.82 Å². The van der Waals surface area contributed by atoms with Gasteiger partial charge in [0.05, 0.1) is 0 Å². The minimum Gasteiger partial charge on any atom is -0.364 e. The average molecular weight is 220 g/mol. The lowest BCUT2D eigenvalue weighted by molar-refractivity contribution is 0.520. The number of nitrogens with two attached hydrogens (primary N) is 1. The van der Waals surface area contributed by atoms with Crippen LogP contribution in [0.15, 0.2) is 18.7 Å². The predicted octanol–water partition coefficient (Wildman–Crippen LogP) is 0.519. The van der Waals surface area contributed by atoms with Crippen LogP contribution in [0.2, 0.25) is 0 Å². The van der Waals surface area contributed by atoms with Crippen molar-refractivity contribution in [2.24, 2.45) is 11.7 Å². The maximum absolute atomic E-state index is 5.63. The second-order valence-electron chi connectivity index (χ2n) is 3.98. The van der Waals surface area contributed by atoms with Gasteiger partial charge in [0.15, 0.2) is 5.82 Å². The third-order valence-electron chi connectivity index (χ3n) is 2.81. The molecule has 0 bridgehead atoms. The van der Waals surface area contributed by atoms with Gasteiger partial charge in [0.25, 0.3) is 0 Å². The summed E-state index contributed by atoms with van der Waals surface area (Å²) in [6.45, 7) is 4.82. The van der Waals surface area contributed by atoms with Crippen LogP contribution in [0.5, 0.6) is 0 Å². The lowest BCUT2D eigenvalue weighted by Crippen LogP contribution is -2.30. The molecular formula is C10H16N6. The molecule has 0 aliphatic carbocycles. The first-order valence-electron chi connectivity index (χ1n) is 5.33. The molecule has 0 saturated heterocycles. The molecular weight excluding hydrogens is 204 g/mol. The molecule has 0 aliphatic rings. The fourth-order valence-electron chi connectivity index (χ4n) is 1.42. The zero-order valence-corrected chi connectivity index (χ0v) is 9.46. The summed E-state index contributed by atoms with van der Waals surface area (Å²) in [6.07, 6.45) is 5.19. The smallest absolute Gasteiger partial charge is 0.203 e. The molecule has 2 rings (SSSR count). The third-order valence-corrected chi connectivity index (χ3v) is 2.81. The van der Waals surface area contributed by atoms with Gasteiger partial charge in [0.1, 0.15) is 6.33 Å². The molecule has 0 radical (unpaired) electrons. The van der Waals surface area contributed by atoms with Crippen LogP contribution in [-0.2, 0) is 0 Å². The molecule has 3 N–H and O–H groups in total. The minimum absolute atomic E-state index is 0.250. The summed E-state index contributed by atoms with van der Waals surface area (Å²) in [6, 6.07) is 0.250. The molecule has 2 heterocycles. The van der Waals surface area contributed by atoms with Crippen molar-refractivity contribution in [2.75, 3.05) is 11.9 Å². The number of nitrogens with zero attached hydrogens (tertiary/aromatic N) is 4. The van der Waals surface area contributed by atoms with Crippen LogP contribution in [0.25, 0.3) is 5.65 Å². The molecule has 0 saturated carbocycles. The number of hydrogen-bond acceptors (Lipinski definition) is 5. The first-order chi connectivity index (χ1) is 7.72. The fraction of sp³-hybridized carbons (Fsp3) is 0.500. The van der Waals surface area contributed by atoms with Gasteiger partial charge in [-0.3, -0.25) is 4.40 Å². The number of fused-ring (bicyclic) bond motifs is 1. The van der Waals surface area contributed by atoms with Crippen molar-refractivity contribution in [3.8, 4) is 0 Å². The van der Waals surface area contributed by atoms with Gasteiger partial charge in [-0.2, -0.15) is 0 Å². The lowest BCUT2D eigenvalue weighted by Gasteiger charge is -2.20. The third kappa shape index (κ3) is 1.96. The van der Waals surface area contributed by atoms with E-state index in [2.05, 4.69) is 34.3 Å². The van der Waals surface area contributed by atoms with E-state index in [0.717, 1.165) is 11.5 Å². The highest BCUT2D eigenvalue weighted by atomic mass is 15.2. The van der Waals surface area contributed by atoms with Crippen LogP contribution in [0.3, 0.4) is 0 Å². The van der Waals surface area contributed by atoms with Crippen molar-refractivity contribution < 1.29 is 0 Å². The molecule has 86 valence electrons. The maximum Gasteiger partial charge on any atom is 0.203 e. The topological polar surface area (TPSA) is 81.1 Å². The van der Waals surface area contributed by atoms with E-state index in [1.165, 1.54) is 0 Å². The summed E-state index contributed by atoms with van der Waals surface area (Å²) in [5.74, 6) is 1.12.